The van der Waals surface area contributed by atoms with Crippen LogP contribution in [-0.2, 0) is 0 Å². The molecule has 1 saturated carbocycles. The summed E-state index contributed by atoms with van der Waals surface area (Å²) in [5, 5.41) is 26.3. The Kier molecular flexibility index (Phi) is 4.10. The van der Waals surface area contributed by atoms with Crippen molar-refractivity contribution in [1.29, 1.82) is 0 Å². The lowest BCUT2D eigenvalue weighted by molar-refractivity contribution is 0.0680. The number of rotatable bonds is 4. The molecule has 2 aromatic rings. The van der Waals surface area contributed by atoms with Crippen LogP contribution >= 0.6 is 0 Å². The van der Waals surface area contributed by atoms with Crippen LogP contribution in [0.5, 0.6) is 0 Å². The minimum absolute atomic E-state index is 0.0439. The summed E-state index contributed by atoms with van der Waals surface area (Å²) < 4.78 is 1.48. The summed E-state index contributed by atoms with van der Waals surface area (Å²) in [7, 11) is 0. The van der Waals surface area contributed by atoms with E-state index >= 15 is 0 Å². The van der Waals surface area contributed by atoms with Crippen molar-refractivity contribution in [1.82, 2.24) is 15.0 Å². The molecule has 0 bridgehead atoms. The number of carboxylic acid groups (broad SMARTS) is 2. The number of carboxylic acids is 2. The Hall–Kier alpha value is -2.70. The minimum Gasteiger partial charge on any atom is -0.478 e. The van der Waals surface area contributed by atoms with Crippen molar-refractivity contribution in [3.05, 3.63) is 41.2 Å². The summed E-state index contributed by atoms with van der Waals surface area (Å²) in [6.07, 6.45) is 5.03. The van der Waals surface area contributed by atoms with Gasteiger partial charge in [0, 0.05) is 5.92 Å². The largest absolute Gasteiger partial charge is 0.478 e. The Morgan fingerprint density at radius 3 is 2.48 bits per heavy atom. The molecule has 1 aromatic heterocycles. The van der Waals surface area contributed by atoms with Crippen LogP contribution in [0.4, 0.5) is 0 Å². The standard InChI is InChI=1S/C16H17N3O4/c20-15(21)11-7-4-8-12(9-11)19-14(10-5-2-1-3-6-10)13(16(22)23)17-18-19/h4,7-10H,1-3,5-6H2,(H,20,21)(H,22,23). The van der Waals surface area contributed by atoms with Gasteiger partial charge in [-0.05, 0) is 31.0 Å². The van der Waals surface area contributed by atoms with E-state index in [2.05, 4.69) is 10.3 Å². The third-order valence-corrected chi connectivity index (χ3v) is 4.24. The summed E-state index contributed by atoms with van der Waals surface area (Å²) in [6.45, 7) is 0. The SMILES string of the molecule is O=C(O)c1cccc(-n2nnc(C(=O)O)c2C2CCCCC2)c1. The van der Waals surface area contributed by atoms with Crippen LogP contribution in [0.3, 0.4) is 0 Å². The number of nitrogens with zero attached hydrogens (tertiary/aromatic N) is 3. The Bertz CT molecular complexity index is 748. The second-order valence-electron chi connectivity index (χ2n) is 5.73. The van der Waals surface area contributed by atoms with Crippen molar-refractivity contribution in [3.63, 3.8) is 0 Å². The molecular weight excluding hydrogens is 298 g/mol. The fraction of sp³-hybridized carbons (Fsp3) is 0.375. The zero-order valence-electron chi connectivity index (χ0n) is 12.5. The zero-order chi connectivity index (χ0) is 16.4. The fourth-order valence-electron chi connectivity index (χ4n) is 3.15. The van der Waals surface area contributed by atoms with Crippen molar-refractivity contribution >= 4 is 11.9 Å². The molecule has 120 valence electrons. The lowest BCUT2D eigenvalue weighted by atomic mass is 9.86. The predicted octanol–water partition coefficient (Wildman–Crippen LogP) is 2.71. The number of aromatic nitrogens is 3. The van der Waals surface area contributed by atoms with Crippen molar-refractivity contribution < 1.29 is 19.8 Å². The van der Waals surface area contributed by atoms with Gasteiger partial charge in [0.25, 0.3) is 0 Å². The van der Waals surface area contributed by atoms with E-state index in [0.717, 1.165) is 32.1 Å². The molecule has 1 aliphatic carbocycles. The first-order valence-electron chi connectivity index (χ1n) is 7.60. The smallest absolute Gasteiger partial charge is 0.358 e. The van der Waals surface area contributed by atoms with Crippen LogP contribution < -0.4 is 0 Å². The molecule has 1 heterocycles. The monoisotopic (exact) mass is 315 g/mol. The number of carbonyl (C=O) groups is 2. The van der Waals surface area contributed by atoms with E-state index in [0.29, 0.717) is 11.4 Å². The maximum absolute atomic E-state index is 11.5. The molecular formula is C16H17N3O4. The highest BCUT2D eigenvalue weighted by Gasteiger charge is 2.28. The summed E-state index contributed by atoms with van der Waals surface area (Å²) in [4.78, 5) is 22.6. The van der Waals surface area contributed by atoms with E-state index in [-0.39, 0.29) is 17.2 Å². The van der Waals surface area contributed by atoms with E-state index in [4.69, 9.17) is 5.11 Å². The average Bonchev–Trinajstić information content (AvgIpc) is 3.01. The lowest BCUT2D eigenvalue weighted by Crippen LogP contribution is -2.15. The van der Waals surface area contributed by atoms with Gasteiger partial charge in [-0.2, -0.15) is 0 Å². The number of hydrogen-bond donors (Lipinski definition) is 2. The van der Waals surface area contributed by atoms with Gasteiger partial charge < -0.3 is 10.2 Å². The Morgan fingerprint density at radius 1 is 1.09 bits per heavy atom. The molecule has 0 amide bonds. The molecule has 0 unspecified atom stereocenters. The molecule has 7 heteroatoms. The highest BCUT2D eigenvalue weighted by atomic mass is 16.4. The summed E-state index contributed by atoms with van der Waals surface area (Å²) >= 11 is 0. The van der Waals surface area contributed by atoms with Gasteiger partial charge in [-0.3, -0.25) is 0 Å². The summed E-state index contributed by atoms with van der Waals surface area (Å²) in [6, 6.07) is 6.29. The molecule has 3 rings (SSSR count). The van der Waals surface area contributed by atoms with E-state index in [1.807, 2.05) is 0 Å². The van der Waals surface area contributed by atoms with Crippen LogP contribution in [0.2, 0.25) is 0 Å². The molecule has 0 aliphatic heterocycles. The van der Waals surface area contributed by atoms with Crippen LogP contribution in [0.1, 0.15) is 64.6 Å². The van der Waals surface area contributed by atoms with Gasteiger partial charge in [0.2, 0.25) is 0 Å². The molecule has 7 nitrogen and oxygen atoms in total. The van der Waals surface area contributed by atoms with Gasteiger partial charge in [0.05, 0.1) is 16.9 Å². The van der Waals surface area contributed by atoms with Gasteiger partial charge in [0.15, 0.2) is 5.69 Å². The van der Waals surface area contributed by atoms with Crippen molar-refractivity contribution in [2.24, 2.45) is 0 Å². The third kappa shape index (κ3) is 2.94. The number of hydrogen-bond acceptors (Lipinski definition) is 4. The second-order valence-corrected chi connectivity index (χ2v) is 5.73. The molecule has 0 radical (unpaired) electrons. The van der Waals surface area contributed by atoms with E-state index in [1.54, 1.807) is 12.1 Å². The predicted molar refractivity (Wildman–Crippen MR) is 81.1 cm³/mol. The van der Waals surface area contributed by atoms with E-state index in [1.165, 1.54) is 16.8 Å². The van der Waals surface area contributed by atoms with Gasteiger partial charge in [-0.25, -0.2) is 14.3 Å². The first-order chi connectivity index (χ1) is 11.1. The first-order valence-corrected chi connectivity index (χ1v) is 7.60. The highest BCUT2D eigenvalue weighted by molar-refractivity contribution is 5.88. The highest BCUT2D eigenvalue weighted by Crippen LogP contribution is 2.35. The van der Waals surface area contributed by atoms with Crippen LogP contribution in [0, 0.1) is 0 Å². The van der Waals surface area contributed by atoms with Gasteiger partial charge in [-0.15, -0.1) is 5.10 Å². The van der Waals surface area contributed by atoms with Crippen molar-refractivity contribution in [3.8, 4) is 5.69 Å². The Morgan fingerprint density at radius 2 is 1.83 bits per heavy atom. The number of benzene rings is 1. The maximum Gasteiger partial charge on any atom is 0.358 e. The maximum atomic E-state index is 11.5. The molecule has 1 fully saturated rings. The number of aromatic carboxylic acids is 2. The second kappa shape index (κ2) is 6.20. The minimum atomic E-state index is -1.11. The van der Waals surface area contributed by atoms with Gasteiger partial charge in [-0.1, -0.05) is 30.5 Å². The first kappa shape index (κ1) is 15.2. The topological polar surface area (TPSA) is 105 Å². The molecule has 1 aromatic carbocycles. The lowest BCUT2D eigenvalue weighted by Gasteiger charge is -2.22. The van der Waals surface area contributed by atoms with E-state index < -0.39 is 11.9 Å². The molecule has 0 spiro atoms. The van der Waals surface area contributed by atoms with Crippen LogP contribution in [0.15, 0.2) is 24.3 Å². The molecule has 2 N–H and O–H groups in total. The van der Waals surface area contributed by atoms with E-state index in [9.17, 15) is 14.7 Å². The zero-order valence-corrected chi connectivity index (χ0v) is 12.5. The summed E-state index contributed by atoms with van der Waals surface area (Å²) in [5.41, 5.74) is 1.17. The quantitative estimate of drug-likeness (QED) is 0.898. The summed E-state index contributed by atoms with van der Waals surface area (Å²) in [5.74, 6) is -2.06. The average molecular weight is 315 g/mol. The molecule has 1 aliphatic rings. The fourth-order valence-corrected chi connectivity index (χ4v) is 3.15. The molecule has 0 saturated heterocycles. The van der Waals surface area contributed by atoms with Crippen molar-refractivity contribution in [2.75, 3.05) is 0 Å². The molecule has 0 atom stereocenters. The Balaban J connectivity index is 2.10. The van der Waals surface area contributed by atoms with Crippen LogP contribution in [0.25, 0.3) is 5.69 Å². The Labute approximate surface area is 132 Å². The molecule has 23 heavy (non-hydrogen) atoms. The normalized spacial score (nSPS) is 15.5. The third-order valence-electron chi connectivity index (χ3n) is 4.24. The van der Waals surface area contributed by atoms with Crippen molar-refractivity contribution in [2.45, 2.75) is 38.0 Å². The van der Waals surface area contributed by atoms with Crippen LogP contribution in [-0.4, -0.2) is 37.1 Å². The van der Waals surface area contributed by atoms with Gasteiger partial charge in [0.1, 0.15) is 0 Å². The van der Waals surface area contributed by atoms with Gasteiger partial charge >= 0.3 is 11.9 Å².